The van der Waals surface area contributed by atoms with Crippen molar-refractivity contribution in [2.75, 3.05) is 24.2 Å². The van der Waals surface area contributed by atoms with Crippen molar-refractivity contribution in [3.05, 3.63) is 5.82 Å². The zero-order valence-electron chi connectivity index (χ0n) is 12.5. The fourth-order valence-corrected chi connectivity index (χ4v) is 1.59. The topological polar surface area (TPSA) is 73.1 Å². The zero-order chi connectivity index (χ0) is 14.3. The number of aryl methyl sites for hydroxylation is 1. The molecule has 1 heterocycles. The maximum Gasteiger partial charge on any atom is 0.242 e. The van der Waals surface area contributed by atoms with E-state index in [1.807, 2.05) is 6.92 Å². The number of aromatic nitrogens is 2. The first-order chi connectivity index (χ1) is 9.04. The Balaban J connectivity index is 2.69. The summed E-state index contributed by atoms with van der Waals surface area (Å²) in [7, 11) is 0. The second-order valence-electron chi connectivity index (χ2n) is 5.15. The van der Waals surface area contributed by atoms with Crippen LogP contribution < -0.4 is 15.8 Å². The molecule has 5 heteroatoms. The Labute approximate surface area is 116 Å². The minimum atomic E-state index is 0.494. The van der Waals surface area contributed by atoms with Crippen LogP contribution >= 0.6 is 0 Å². The van der Waals surface area contributed by atoms with Crippen molar-refractivity contribution in [1.82, 2.24) is 9.97 Å². The van der Waals surface area contributed by atoms with Gasteiger partial charge in [-0.25, -0.2) is 4.98 Å². The fraction of sp³-hybridized carbons (Fsp3) is 0.714. The standard InChI is InChI=1S/C14H26N4O/c1-5-6-9-19-14-12(15)13(17-11(4)18-14)16-8-7-10(2)3/h10H,5-9,15H2,1-4H3,(H,16,17,18). The quantitative estimate of drug-likeness (QED) is 0.708. The van der Waals surface area contributed by atoms with E-state index in [1.165, 1.54) is 0 Å². The molecule has 0 saturated carbocycles. The van der Waals surface area contributed by atoms with Gasteiger partial charge in [0.1, 0.15) is 11.5 Å². The van der Waals surface area contributed by atoms with Crippen molar-refractivity contribution < 1.29 is 4.74 Å². The van der Waals surface area contributed by atoms with Gasteiger partial charge in [-0.3, -0.25) is 0 Å². The average Bonchev–Trinajstić information content (AvgIpc) is 2.34. The third kappa shape index (κ3) is 5.32. The number of hydrogen-bond donors (Lipinski definition) is 2. The Morgan fingerprint density at radius 1 is 1.32 bits per heavy atom. The summed E-state index contributed by atoms with van der Waals surface area (Å²) in [6.45, 7) is 9.84. The molecular weight excluding hydrogens is 240 g/mol. The smallest absolute Gasteiger partial charge is 0.242 e. The van der Waals surface area contributed by atoms with Gasteiger partial charge in [0.15, 0.2) is 5.82 Å². The van der Waals surface area contributed by atoms with Crippen molar-refractivity contribution >= 4 is 11.5 Å². The third-order valence-electron chi connectivity index (χ3n) is 2.77. The molecule has 0 atom stereocenters. The van der Waals surface area contributed by atoms with Crippen molar-refractivity contribution in [2.24, 2.45) is 5.92 Å². The van der Waals surface area contributed by atoms with Gasteiger partial charge in [-0.2, -0.15) is 4.98 Å². The van der Waals surface area contributed by atoms with Crippen LogP contribution in [-0.2, 0) is 0 Å². The molecule has 0 fully saturated rings. The van der Waals surface area contributed by atoms with Crippen molar-refractivity contribution in [1.29, 1.82) is 0 Å². The van der Waals surface area contributed by atoms with E-state index in [9.17, 15) is 0 Å². The number of nitrogens with zero attached hydrogens (tertiary/aromatic N) is 2. The van der Waals surface area contributed by atoms with Gasteiger partial charge in [0.2, 0.25) is 5.88 Å². The molecule has 0 aliphatic rings. The molecule has 0 bridgehead atoms. The molecule has 108 valence electrons. The number of ether oxygens (including phenoxy) is 1. The Bertz CT molecular complexity index is 393. The number of rotatable bonds is 8. The first kappa shape index (κ1) is 15.5. The Kier molecular flexibility index (Phi) is 6.39. The Morgan fingerprint density at radius 3 is 2.68 bits per heavy atom. The molecule has 1 aromatic heterocycles. The van der Waals surface area contributed by atoms with Gasteiger partial charge in [-0.15, -0.1) is 0 Å². The predicted molar refractivity (Wildman–Crippen MR) is 79.5 cm³/mol. The molecular formula is C14H26N4O. The minimum absolute atomic E-state index is 0.494. The van der Waals surface area contributed by atoms with E-state index in [2.05, 4.69) is 36.1 Å². The maximum atomic E-state index is 6.04. The summed E-state index contributed by atoms with van der Waals surface area (Å²) in [5, 5.41) is 3.26. The summed E-state index contributed by atoms with van der Waals surface area (Å²) in [4.78, 5) is 8.58. The lowest BCUT2D eigenvalue weighted by molar-refractivity contribution is 0.298. The molecule has 1 aromatic rings. The van der Waals surface area contributed by atoms with E-state index in [0.29, 0.717) is 35.7 Å². The second-order valence-corrected chi connectivity index (χ2v) is 5.15. The lowest BCUT2D eigenvalue weighted by Gasteiger charge is -2.13. The van der Waals surface area contributed by atoms with Gasteiger partial charge in [0.05, 0.1) is 6.61 Å². The number of nitrogens with one attached hydrogen (secondary N) is 1. The highest BCUT2D eigenvalue weighted by atomic mass is 16.5. The molecule has 1 rings (SSSR count). The predicted octanol–water partition coefficient (Wildman–Crippen LogP) is 3.00. The maximum absolute atomic E-state index is 6.04. The van der Waals surface area contributed by atoms with Crippen LogP contribution in [0.4, 0.5) is 11.5 Å². The molecule has 0 unspecified atom stereocenters. The van der Waals surface area contributed by atoms with Crippen LogP contribution in [0.2, 0.25) is 0 Å². The van der Waals surface area contributed by atoms with E-state index in [0.717, 1.165) is 25.8 Å². The summed E-state index contributed by atoms with van der Waals surface area (Å²) < 4.78 is 5.61. The molecule has 0 saturated heterocycles. The van der Waals surface area contributed by atoms with E-state index >= 15 is 0 Å². The number of nitrogen functional groups attached to an aromatic ring is 1. The minimum Gasteiger partial charge on any atom is -0.476 e. The Hall–Kier alpha value is -1.52. The monoisotopic (exact) mass is 266 g/mol. The Morgan fingerprint density at radius 2 is 2.05 bits per heavy atom. The SMILES string of the molecule is CCCCOc1nc(C)nc(NCCC(C)C)c1N. The highest BCUT2D eigenvalue weighted by Gasteiger charge is 2.11. The molecule has 0 aliphatic heterocycles. The van der Waals surface area contributed by atoms with Crippen LogP contribution in [-0.4, -0.2) is 23.1 Å². The van der Waals surface area contributed by atoms with E-state index in [-0.39, 0.29) is 0 Å². The summed E-state index contributed by atoms with van der Waals surface area (Å²) >= 11 is 0. The third-order valence-corrected chi connectivity index (χ3v) is 2.77. The summed E-state index contributed by atoms with van der Waals surface area (Å²) in [6, 6.07) is 0. The van der Waals surface area contributed by atoms with Gasteiger partial charge in [-0.1, -0.05) is 27.2 Å². The van der Waals surface area contributed by atoms with E-state index in [1.54, 1.807) is 0 Å². The van der Waals surface area contributed by atoms with Gasteiger partial charge >= 0.3 is 0 Å². The number of unbranched alkanes of at least 4 members (excludes halogenated alkanes) is 1. The highest BCUT2D eigenvalue weighted by Crippen LogP contribution is 2.26. The van der Waals surface area contributed by atoms with Crippen LogP contribution in [0, 0.1) is 12.8 Å². The number of hydrogen-bond acceptors (Lipinski definition) is 5. The summed E-state index contributed by atoms with van der Waals surface area (Å²) in [5.41, 5.74) is 6.54. The van der Waals surface area contributed by atoms with Crippen LogP contribution in [0.5, 0.6) is 5.88 Å². The zero-order valence-corrected chi connectivity index (χ0v) is 12.5. The first-order valence-corrected chi connectivity index (χ1v) is 7.05. The van der Waals surface area contributed by atoms with Gasteiger partial charge in [0, 0.05) is 6.54 Å². The molecule has 3 N–H and O–H groups in total. The van der Waals surface area contributed by atoms with Gasteiger partial charge < -0.3 is 15.8 Å². The molecule has 0 aromatic carbocycles. The summed E-state index contributed by atoms with van der Waals surface area (Å²) in [6.07, 6.45) is 3.16. The largest absolute Gasteiger partial charge is 0.476 e. The molecule has 0 spiro atoms. The number of nitrogens with two attached hydrogens (primary N) is 1. The van der Waals surface area contributed by atoms with E-state index in [4.69, 9.17) is 10.5 Å². The van der Waals surface area contributed by atoms with Gasteiger partial charge in [0.25, 0.3) is 0 Å². The molecule has 0 amide bonds. The van der Waals surface area contributed by atoms with Crippen LogP contribution in [0.25, 0.3) is 0 Å². The van der Waals surface area contributed by atoms with Crippen LogP contribution in [0.15, 0.2) is 0 Å². The highest BCUT2D eigenvalue weighted by molar-refractivity contribution is 5.66. The van der Waals surface area contributed by atoms with Gasteiger partial charge in [-0.05, 0) is 25.7 Å². The van der Waals surface area contributed by atoms with E-state index < -0.39 is 0 Å². The molecule has 0 radical (unpaired) electrons. The average molecular weight is 266 g/mol. The molecule has 0 aliphatic carbocycles. The lowest BCUT2D eigenvalue weighted by Crippen LogP contribution is -2.12. The molecule has 5 nitrogen and oxygen atoms in total. The summed E-state index contributed by atoms with van der Waals surface area (Å²) in [5.74, 6) is 2.50. The second kappa shape index (κ2) is 7.81. The van der Waals surface area contributed by atoms with Crippen molar-refractivity contribution in [3.8, 4) is 5.88 Å². The fourth-order valence-electron chi connectivity index (χ4n) is 1.59. The number of anilines is 2. The normalized spacial score (nSPS) is 10.8. The molecule has 19 heavy (non-hydrogen) atoms. The first-order valence-electron chi connectivity index (χ1n) is 7.05. The van der Waals surface area contributed by atoms with Crippen molar-refractivity contribution in [2.45, 2.75) is 47.0 Å². The van der Waals surface area contributed by atoms with Crippen LogP contribution in [0.1, 0.15) is 45.9 Å². The van der Waals surface area contributed by atoms with Crippen LogP contribution in [0.3, 0.4) is 0 Å². The lowest BCUT2D eigenvalue weighted by atomic mass is 10.1. The van der Waals surface area contributed by atoms with Crippen molar-refractivity contribution in [3.63, 3.8) is 0 Å².